The molecule has 8 nitrogen and oxygen atoms in total. The van der Waals surface area contributed by atoms with Crippen molar-refractivity contribution >= 4 is 34.7 Å². The van der Waals surface area contributed by atoms with E-state index in [9.17, 15) is 9.59 Å². The molecule has 0 aliphatic rings. The molecule has 2 aromatic rings. The average molecular weight is 467 g/mol. The first-order valence-electron chi connectivity index (χ1n) is 7.27. The summed E-state index contributed by atoms with van der Waals surface area (Å²) in [5, 5.41) is 1.11. The third-order valence-corrected chi connectivity index (χ3v) is 3.10. The number of halogens is 1. The number of carbonyl (C=O) groups is 2. The zero-order valence-electron chi connectivity index (χ0n) is 16.9. The standard InChI is InChI=1S/C9H12N2O3.C8H9NO2.CH3.BrH.Mg/c1-11(14-3)9(12)7-5-4-6-10-8(7)13-2;1-6(10)7-4-3-5-9-8(7)11-2;;;/h4-6H,1-3H3;3-5H,1-2H3;1H3;1H;/q;;-1;;+2/p-1. The van der Waals surface area contributed by atoms with Gasteiger partial charge in [-0.25, -0.2) is 15.0 Å². The zero-order valence-corrected chi connectivity index (χ0v) is 19.9. The van der Waals surface area contributed by atoms with Crippen LogP contribution in [0.5, 0.6) is 11.8 Å². The van der Waals surface area contributed by atoms with Crippen molar-refractivity contribution in [3.8, 4) is 11.8 Å². The Morgan fingerprint density at radius 1 is 0.929 bits per heavy atom. The van der Waals surface area contributed by atoms with Gasteiger partial charge in [-0.1, -0.05) is 0 Å². The summed E-state index contributed by atoms with van der Waals surface area (Å²) in [7, 11) is 5.90. The smallest absolute Gasteiger partial charge is 1.00 e. The summed E-state index contributed by atoms with van der Waals surface area (Å²) in [6.07, 6.45) is 3.15. The number of ketones is 1. The molecule has 2 rings (SSSR count). The summed E-state index contributed by atoms with van der Waals surface area (Å²) >= 11 is 0. The molecular formula is C18H24BrMgN3O5. The van der Waals surface area contributed by atoms with E-state index in [1.165, 1.54) is 35.3 Å². The number of hydrogen-bond donors (Lipinski definition) is 0. The molecule has 1 amide bonds. The number of Topliss-reactive ketones (excluding diaryl/α,β-unsaturated/α-hetero) is 1. The molecule has 150 valence electrons. The van der Waals surface area contributed by atoms with Crippen molar-refractivity contribution < 1.29 is 40.9 Å². The number of rotatable bonds is 5. The van der Waals surface area contributed by atoms with Gasteiger partial charge in [0.15, 0.2) is 5.78 Å². The number of hydroxylamine groups is 2. The number of methoxy groups -OCH3 is 2. The van der Waals surface area contributed by atoms with E-state index >= 15 is 0 Å². The largest absolute Gasteiger partial charge is 2.00 e. The van der Waals surface area contributed by atoms with Crippen LogP contribution in [0.3, 0.4) is 0 Å². The van der Waals surface area contributed by atoms with Crippen LogP contribution in [0.4, 0.5) is 0 Å². The zero-order chi connectivity index (χ0) is 18.8. The molecule has 0 N–H and O–H groups in total. The van der Waals surface area contributed by atoms with Crippen LogP contribution in [0.25, 0.3) is 0 Å². The molecule has 0 aliphatic carbocycles. The predicted molar refractivity (Wildman–Crippen MR) is 103 cm³/mol. The Morgan fingerprint density at radius 2 is 1.36 bits per heavy atom. The molecule has 0 atom stereocenters. The minimum atomic E-state index is -0.294. The van der Waals surface area contributed by atoms with Gasteiger partial charge in [0, 0.05) is 19.4 Å². The topological polar surface area (TPSA) is 90.8 Å². The molecule has 28 heavy (non-hydrogen) atoms. The summed E-state index contributed by atoms with van der Waals surface area (Å²) in [5.74, 6) is 0.355. The van der Waals surface area contributed by atoms with E-state index in [1.807, 2.05) is 0 Å². The van der Waals surface area contributed by atoms with E-state index in [2.05, 4.69) is 9.97 Å². The molecule has 0 bridgehead atoms. The second kappa shape index (κ2) is 16.2. The number of hydrogen-bond acceptors (Lipinski definition) is 7. The Morgan fingerprint density at radius 3 is 1.71 bits per heavy atom. The summed E-state index contributed by atoms with van der Waals surface area (Å²) in [5.41, 5.74) is 0.898. The van der Waals surface area contributed by atoms with Crippen LogP contribution in [0.2, 0.25) is 0 Å². The van der Waals surface area contributed by atoms with Crippen molar-refractivity contribution in [1.82, 2.24) is 15.0 Å². The maximum absolute atomic E-state index is 11.6. The average Bonchev–Trinajstić information content (AvgIpc) is 2.67. The van der Waals surface area contributed by atoms with Crippen LogP contribution in [-0.4, -0.2) is 78.2 Å². The van der Waals surface area contributed by atoms with Gasteiger partial charge in [-0.15, -0.1) is 0 Å². The van der Waals surface area contributed by atoms with Gasteiger partial charge in [0.2, 0.25) is 11.8 Å². The minimum absolute atomic E-state index is 0. The van der Waals surface area contributed by atoms with Gasteiger partial charge in [0.25, 0.3) is 5.91 Å². The molecule has 0 aliphatic heterocycles. The Bertz CT molecular complexity index is 734. The van der Waals surface area contributed by atoms with Gasteiger partial charge in [0.1, 0.15) is 5.56 Å². The van der Waals surface area contributed by atoms with Crippen molar-refractivity contribution in [3.05, 3.63) is 55.2 Å². The van der Waals surface area contributed by atoms with Crippen molar-refractivity contribution in [2.45, 2.75) is 6.92 Å². The van der Waals surface area contributed by atoms with Crippen LogP contribution in [0.15, 0.2) is 36.7 Å². The molecule has 0 aromatic carbocycles. The van der Waals surface area contributed by atoms with Gasteiger partial charge in [-0.05, 0) is 31.2 Å². The second-order valence-corrected chi connectivity index (χ2v) is 4.66. The van der Waals surface area contributed by atoms with Crippen molar-refractivity contribution in [3.63, 3.8) is 0 Å². The van der Waals surface area contributed by atoms with Crippen LogP contribution in [-0.2, 0) is 4.84 Å². The maximum atomic E-state index is 11.6. The van der Waals surface area contributed by atoms with E-state index in [-0.39, 0.29) is 59.2 Å². The summed E-state index contributed by atoms with van der Waals surface area (Å²) < 4.78 is 9.82. The molecule has 0 fully saturated rings. The van der Waals surface area contributed by atoms with Crippen LogP contribution < -0.4 is 26.5 Å². The van der Waals surface area contributed by atoms with Crippen LogP contribution in [0.1, 0.15) is 27.6 Å². The predicted octanol–water partition coefficient (Wildman–Crippen LogP) is -0.910. The molecule has 0 unspecified atom stereocenters. The van der Waals surface area contributed by atoms with Gasteiger partial charge in [0.05, 0.1) is 26.9 Å². The van der Waals surface area contributed by atoms with Crippen molar-refractivity contribution in [1.29, 1.82) is 0 Å². The fraction of sp³-hybridized carbons (Fsp3) is 0.278. The SMILES string of the molecule is COc1ncccc1C(=O)N(C)OC.COc1ncccc1C(C)=O.[Br-].[CH3-].[Mg+2]. The van der Waals surface area contributed by atoms with E-state index < -0.39 is 0 Å². The number of ether oxygens (including phenoxy) is 2. The van der Waals surface area contributed by atoms with Gasteiger partial charge >= 0.3 is 23.1 Å². The number of aromatic nitrogens is 2. The van der Waals surface area contributed by atoms with E-state index in [1.54, 1.807) is 36.7 Å². The first-order valence-corrected chi connectivity index (χ1v) is 7.27. The molecule has 10 heteroatoms. The first-order chi connectivity index (χ1) is 12.0. The molecular weight excluding hydrogens is 442 g/mol. The molecule has 0 radical (unpaired) electrons. The van der Waals surface area contributed by atoms with Gasteiger partial charge in [-0.2, -0.15) is 0 Å². The van der Waals surface area contributed by atoms with Gasteiger partial charge < -0.3 is 33.9 Å². The fourth-order valence-electron chi connectivity index (χ4n) is 1.79. The summed E-state index contributed by atoms with van der Waals surface area (Å²) in [6.45, 7) is 1.49. The summed E-state index contributed by atoms with van der Waals surface area (Å²) in [6, 6.07) is 6.69. The fourth-order valence-corrected chi connectivity index (χ4v) is 1.79. The second-order valence-electron chi connectivity index (χ2n) is 4.66. The van der Waals surface area contributed by atoms with Crippen molar-refractivity contribution in [2.24, 2.45) is 0 Å². The third kappa shape index (κ3) is 8.96. The van der Waals surface area contributed by atoms with Crippen LogP contribution >= 0.6 is 0 Å². The van der Waals surface area contributed by atoms with Crippen molar-refractivity contribution in [2.75, 3.05) is 28.4 Å². The Balaban J connectivity index is -0.000000412. The molecule has 2 heterocycles. The third-order valence-electron chi connectivity index (χ3n) is 3.10. The normalized spacial score (nSPS) is 8.46. The Hall–Kier alpha value is -1.75. The monoisotopic (exact) mass is 465 g/mol. The molecule has 2 aromatic heterocycles. The maximum Gasteiger partial charge on any atom is 2.00 e. The number of nitrogens with zero attached hydrogens (tertiary/aromatic N) is 3. The summed E-state index contributed by atoms with van der Waals surface area (Å²) in [4.78, 5) is 35.1. The Kier molecular flexibility index (Phi) is 17.9. The first kappa shape index (κ1) is 31.0. The van der Waals surface area contributed by atoms with E-state index in [4.69, 9.17) is 14.3 Å². The number of carbonyl (C=O) groups excluding carboxylic acids is 2. The van der Waals surface area contributed by atoms with Gasteiger partial charge in [-0.3, -0.25) is 14.4 Å². The van der Waals surface area contributed by atoms with E-state index in [0.717, 1.165) is 5.06 Å². The quantitative estimate of drug-likeness (QED) is 0.244. The molecule has 0 saturated carbocycles. The molecule has 0 saturated heterocycles. The number of amides is 1. The Labute approximate surface area is 192 Å². The molecule has 0 spiro atoms. The van der Waals surface area contributed by atoms with E-state index in [0.29, 0.717) is 22.9 Å². The van der Waals surface area contributed by atoms with Crippen LogP contribution in [0, 0.1) is 7.43 Å². The minimum Gasteiger partial charge on any atom is -1.00 e. The number of pyridine rings is 2.